The highest BCUT2D eigenvalue weighted by Crippen LogP contribution is 2.68. The monoisotopic (exact) mass is 460 g/mol. The summed E-state index contributed by atoms with van der Waals surface area (Å²) in [5.74, 6) is 0.901. The highest BCUT2D eigenvalue weighted by atomic mass is 28.4. The molecule has 5 aliphatic rings. The molecule has 32 heavy (non-hydrogen) atoms. The second kappa shape index (κ2) is 7.25. The van der Waals surface area contributed by atoms with Crippen LogP contribution in [0.4, 0.5) is 0 Å². The van der Waals surface area contributed by atoms with Crippen molar-refractivity contribution in [2.45, 2.75) is 110 Å². The van der Waals surface area contributed by atoms with Gasteiger partial charge in [0.15, 0.2) is 19.9 Å². The van der Waals surface area contributed by atoms with Crippen LogP contribution in [0, 0.1) is 28.6 Å². The van der Waals surface area contributed by atoms with E-state index in [1.54, 1.807) is 0 Å². The second-order valence-electron chi connectivity index (χ2n) is 13.4. The smallest absolute Gasteiger partial charge is 0.192 e. The van der Waals surface area contributed by atoms with Crippen molar-refractivity contribution in [3.05, 3.63) is 11.6 Å². The zero-order valence-corrected chi connectivity index (χ0v) is 22.4. The van der Waals surface area contributed by atoms with Crippen LogP contribution >= 0.6 is 0 Å². The van der Waals surface area contributed by atoms with Crippen molar-refractivity contribution in [3.63, 3.8) is 0 Å². The van der Waals surface area contributed by atoms with Crippen molar-refractivity contribution in [2.24, 2.45) is 28.6 Å². The summed E-state index contributed by atoms with van der Waals surface area (Å²) < 4.78 is 19.3. The van der Waals surface area contributed by atoms with Crippen LogP contribution in [-0.2, 0) is 18.7 Å². The molecule has 1 heterocycles. The lowest BCUT2D eigenvalue weighted by Crippen LogP contribution is -2.57. The van der Waals surface area contributed by atoms with Crippen LogP contribution in [0.15, 0.2) is 11.6 Å². The zero-order valence-electron chi connectivity index (χ0n) is 21.4. The van der Waals surface area contributed by atoms with Gasteiger partial charge in [-0.25, -0.2) is 0 Å². The van der Waals surface area contributed by atoms with E-state index in [4.69, 9.17) is 13.9 Å². The number of rotatable bonds is 2. The van der Waals surface area contributed by atoms with Crippen molar-refractivity contribution >= 4 is 14.1 Å². The average molecular weight is 461 g/mol. The number of fused-ring (bicyclic) bond motifs is 6. The van der Waals surface area contributed by atoms with E-state index in [1.165, 1.54) is 5.57 Å². The first-order valence-corrected chi connectivity index (χ1v) is 15.9. The fourth-order valence-electron chi connectivity index (χ4n) is 7.95. The molecular weight excluding hydrogens is 416 g/mol. The normalized spacial score (nSPS) is 43.6. The highest BCUT2D eigenvalue weighted by molar-refractivity contribution is 6.74. The molecule has 4 nitrogen and oxygen atoms in total. The Labute approximate surface area is 196 Å². The molecule has 0 aromatic carbocycles. The van der Waals surface area contributed by atoms with Gasteiger partial charge in [0.05, 0.1) is 13.2 Å². The van der Waals surface area contributed by atoms with Gasteiger partial charge in [-0.3, -0.25) is 4.79 Å². The summed E-state index contributed by atoms with van der Waals surface area (Å²) in [6, 6.07) is 0. The summed E-state index contributed by atoms with van der Waals surface area (Å²) in [7, 11) is -1.81. The molecule has 1 saturated heterocycles. The predicted octanol–water partition coefficient (Wildman–Crippen LogP) is 6.26. The Kier molecular flexibility index (Phi) is 5.27. The molecule has 0 aromatic rings. The molecule has 180 valence electrons. The third-order valence-electron chi connectivity index (χ3n) is 11.0. The molecule has 0 radical (unpaired) electrons. The standard InChI is InChI=1S/C27H44O4Si/c1-24(2,3)32(6,7)31-19-8-11-25(4)18(16-19)17-22(28)23-20(25)9-12-26(5)21(23)10-13-27(26)29-14-15-30-27/h17,19-21,23H,8-16H2,1-7H3/t19-,20?,21?,23?,25-,26-/m0/s1. The summed E-state index contributed by atoms with van der Waals surface area (Å²) >= 11 is 0. The van der Waals surface area contributed by atoms with Crippen LogP contribution in [0.25, 0.3) is 0 Å². The zero-order chi connectivity index (χ0) is 23.2. The molecule has 3 saturated carbocycles. The van der Waals surface area contributed by atoms with Gasteiger partial charge >= 0.3 is 0 Å². The van der Waals surface area contributed by atoms with Gasteiger partial charge in [-0.2, -0.15) is 0 Å². The Balaban J connectivity index is 1.40. The SMILES string of the molecule is CC(C)(C)[Si](C)(C)O[C@H]1CC[C@@]2(C)C(=CC(=O)C3C2CC[C@@]2(C)C3CCC23OCCO3)C1. The van der Waals surface area contributed by atoms with Crippen LogP contribution < -0.4 is 0 Å². The molecule has 6 atom stereocenters. The third kappa shape index (κ3) is 3.13. The molecule has 0 N–H and O–H groups in total. The van der Waals surface area contributed by atoms with Gasteiger partial charge in [0.1, 0.15) is 0 Å². The number of carbonyl (C=O) groups excluding carboxylic acids is 1. The number of ether oxygens (including phenoxy) is 2. The van der Waals surface area contributed by atoms with Gasteiger partial charge in [0.2, 0.25) is 0 Å². The molecule has 1 spiro atoms. The number of hydrogen-bond acceptors (Lipinski definition) is 4. The van der Waals surface area contributed by atoms with E-state index in [0.29, 0.717) is 30.8 Å². The van der Waals surface area contributed by atoms with E-state index in [9.17, 15) is 4.79 Å². The number of carbonyl (C=O) groups is 1. The average Bonchev–Trinajstić information content (AvgIpc) is 3.28. The fourth-order valence-corrected chi connectivity index (χ4v) is 9.34. The van der Waals surface area contributed by atoms with Crippen molar-refractivity contribution in [3.8, 4) is 0 Å². The molecular formula is C27H44O4Si. The first kappa shape index (κ1) is 23.3. The van der Waals surface area contributed by atoms with Gasteiger partial charge in [-0.1, -0.05) is 40.2 Å². The summed E-state index contributed by atoms with van der Waals surface area (Å²) in [5, 5.41) is 0.215. The van der Waals surface area contributed by atoms with Crippen molar-refractivity contribution in [1.82, 2.24) is 0 Å². The minimum absolute atomic E-state index is 0.0370. The van der Waals surface area contributed by atoms with Crippen LogP contribution in [0.3, 0.4) is 0 Å². The topological polar surface area (TPSA) is 44.8 Å². The quantitative estimate of drug-likeness (QED) is 0.456. The van der Waals surface area contributed by atoms with Crippen molar-refractivity contribution < 1.29 is 18.7 Å². The van der Waals surface area contributed by atoms with E-state index >= 15 is 0 Å². The predicted molar refractivity (Wildman–Crippen MR) is 129 cm³/mol. The largest absolute Gasteiger partial charge is 0.414 e. The molecule has 5 rings (SSSR count). The van der Waals surface area contributed by atoms with E-state index in [2.05, 4.69) is 53.8 Å². The Hall–Kier alpha value is -0.493. The number of hydrogen-bond donors (Lipinski definition) is 0. The summed E-state index contributed by atoms with van der Waals surface area (Å²) in [5.41, 5.74) is 1.48. The lowest BCUT2D eigenvalue weighted by atomic mass is 9.47. The Morgan fingerprint density at radius 2 is 1.66 bits per heavy atom. The Morgan fingerprint density at radius 1 is 1.00 bits per heavy atom. The maximum Gasteiger partial charge on any atom is 0.192 e. The minimum atomic E-state index is -1.81. The molecule has 4 fully saturated rings. The molecule has 5 heteroatoms. The lowest BCUT2D eigenvalue weighted by molar-refractivity contribution is -0.240. The maximum atomic E-state index is 13.7. The molecule has 1 aliphatic heterocycles. The fraction of sp³-hybridized carbons (Fsp3) is 0.889. The minimum Gasteiger partial charge on any atom is -0.414 e. The van der Waals surface area contributed by atoms with E-state index in [-0.39, 0.29) is 27.9 Å². The number of ketones is 1. The summed E-state index contributed by atoms with van der Waals surface area (Å²) in [4.78, 5) is 13.7. The van der Waals surface area contributed by atoms with Gasteiger partial charge in [0.25, 0.3) is 0 Å². The van der Waals surface area contributed by atoms with Gasteiger partial charge < -0.3 is 13.9 Å². The van der Waals surface area contributed by atoms with Gasteiger partial charge in [-0.05, 0) is 80.0 Å². The van der Waals surface area contributed by atoms with E-state index in [1.807, 2.05) is 0 Å². The number of allylic oxidation sites excluding steroid dienone is 1. The third-order valence-corrected chi connectivity index (χ3v) is 15.5. The van der Waals surface area contributed by atoms with Gasteiger partial charge in [-0.15, -0.1) is 0 Å². The summed E-state index contributed by atoms with van der Waals surface area (Å²) in [6.07, 6.45) is 9.76. The van der Waals surface area contributed by atoms with Crippen LogP contribution in [0.2, 0.25) is 18.1 Å². The molecule has 0 bridgehead atoms. The molecule has 0 amide bonds. The van der Waals surface area contributed by atoms with E-state index in [0.717, 1.165) is 44.9 Å². The molecule has 3 unspecified atom stereocenters. The maximum absolute atomic E-state index is 13.7. The van der Waals surface area contributed by atoms with Gasteiger partial charge in [0, 0.05) is 23.9 Å². The summed E-state index contributed by atoms with van der Waals surface area (Å²) in [6.45, 7) is 17.8. The van der Waals surface area contributed by atoms with Crippen molar-refractivity contribution in [2.75, 3.05) is 13.2 Å². The van der Waals surface area contributed by atoms with Crippen LogP contribution in [-0.4, -0.2) is 39.2 Å². The van der Waals surface area contributed by atoms with Crippen LogP contribution in [0.1, 0.15) is 79.6 Å². The van der Waals surface area contributed by atoms with E-state index < -0.39 is 14.1 Å². The first-order chi connectivity index (χ1) is 14.8. The Bertz CT molecular complexity index is 820. The molecule has 0 aromatic heterocycles. The lowest BCUT2D eigenvalue weighted by Gasteiger charge is -2.58. The molecule has 4 aliphatic carbocycles. The van der Waals surface area contributed by atoms with Crippen LogP contribution in [0.5, 0.6) is 0 Å². The van der Waals surface area contributed by atoms with Crippen molar-refractivity contribution in [1.29, 1.82) is 0 Å². The highest BCUT2D eigenvalue weighted by Gasteiger charge is 2.68. The Morgan fingerprint density at radius 3 is 2.31 bits per heavy atom. The second-order valence-corrected chi connectivity index (χ2v) is 18.2. The first-order valence-electron chi connectivity index (χ1n) is 13.0.